The smallest absolute Gasteiger partial charge is 0.224 e. The standard InChI is InChI=1S/C18H26N4O/c1-13-12-14(2)22(21-13)11-7-10-20-18(23)15(3)17(19)16-8-5-4-6-9-16/h4-6,8-9,12,15,17H,7,10-11,19H2,1-3H3,(H,20,23). The van der Waals surface area contributed by atoms with Crippen LogP contribution < -0.4 is 11.1 Å². The summed E-state index contributed by atoms with van der Waals surface area (Å²) in [6.45, 7) is 7.33. The second-order valence-electron chi connectivity index (χ2n) is 6.02. The highest BCUT2D eigenvalue weighted by atomic mass is 16.1. The van der Waals surface area contributed by atoms with Crippen molar-refractivity contribution in [3.05, 3.63) is 53.3 Å². The van der Waals surface area contributed by atoms with Gasteiger partial charge in [-0.15, -0.1) is 0 Å². The number of carbonyl (C=O) groups is 1. The molecule has 124 valence electrons. The molecule has 1 aromatic carbocycles. The van der Waals surface area contributed by atoms with Gasteiger partial charge in [-0.3, -0.25) is 9.48 Å². The van der Waals surface area contributed by atoms with E-state index in [1.807, 2.05) is 55.8 Å². The fourth-order valence-corrected chi connectivity index (χ4v) is 2.63. The third kappa shape index (κ3) is 4.66. The lowest BCUT2D eigenvalue weighted by Gasteiger charge is -2.19. The number of benzene rings is 1. The number of aromatic nitrogens is 2. The van der Waals surface area contributed by atoms with Gasteiger partial charge in [0.2, 0.25) is 5.91 Å². The van der Waals surface area contributed by atoms with Crippen LogP contribution in [0.25, 0.3) is 0 Å². The summed E-state index contributed by atoms with van der Waals surface area (Å²) in [5.74, 6) is -0.263. The van der Waals surface area contributed by atoms with Crippen molar-refractivity contribution in [2.45, 2.75) is 39.8 Å². The van der Waals surface area contributed by atoms with Gasteiger partial charge in [0.15, 0.2) is 0 Å². The van der Waals surface area contributed by atoms with Gasteiger partial charge in [0.05, 0.1) is 11.6 Å². The maximum Gasteiger partial charge on any atom is 0.224 e. The van der Waals surface area contributed by atoms with Gasteiger partial charge in [-0.25, -0.2) is 0 Å². The summed E-state index contributed by atoms with van der Waals surface area (Å²) in [4.78, 5) is 12.2. The van der Waals surface area contributed by atoms with Gasteiger partial charge in [0.1, 0.15) is 0 Å². The Morgan fingerprint density at radius 1 is 1.30 bits per heavy atom. The highest BCUT2D eigenvalue weighted by Gasteiger charge is 2.21. The Kier molecular flexibility index (Phi) is 5.93. The summed E-state index contributed by atoms with van der Waals surface area (Å²) < 4.78 is 1.97. The van der Waals surface area contributed by atoms with Crippen LogP contribution in [0.2, 0.25) is 0 Å². The van der Waals surface area contributed by atoms with E-state index >= 15 is 0 Å². The van der Waals surface area contributed by atoms with Gasteiger partial charge in [0, 0.05) is 24.8 Å². The Bertz CT molecular complexity index is 636. The van der Waals surface area contributed by atoms with E-state index in [9.17, 15) is 4.79 Å². The minimum Gasteiger partial charge on any atom is -0.356 e. The molecule has 5 nitrogen and oxygen atoms in total. The van der Waals surface area contributed by atoms with Crippen molar-refractivity contribution in [1.82, 2.24) is 15.1 Å². The molecular weight excluding hydrogens is 288 g/mol. The number of amides is 1. The molecule has 0 fully saturated rings. The summed E-state index contributed by atoms with van der Waals surface area (Å²) in [6.07, 6.45) is 0.848. The van der Waals surface area contributed by atoms with Crippen molar-refractivity contribution in [2.75, 3.05) is 6.54 Å². The van der Waals surface area contributed by atoms with Gasteiger partial charge >= 0.3 is 0 Å². The molecule has 2 unspecified atom stereocenters. The van der Waals surface area contributed by atoms with Crippen molar-refractivity contribution in [3.63, 3.8) is 0 Å². The average Bonchev–Trinajstić information content (AvgIpc) is 2.88. The molecule has 3 N–H and O–H groups in total. The molecule has 1 aromatic heterocycles. The maximum absolute atomic E-state index is 12.2. The number of aryl methyl sites for hydroxylation is 3. The Morgan fingerprint density at radius 2 is 2.00 bits per heavy atom. The number of nitrogens with zero attached hydrogens (tertiary/aromatic N) is 2. The van der Waals surface area contributed by atoms with Gasteiger partial charge in [-0.2, -0.15) is 5.10 Å². The highest BCUT2D eigenvalue weighted by Crippen LogP contribution is 2.18. The zero-order valence-electron chi connectivity index (χ0n) is 14.1. The number of rotatable bonds is 7. The molecule has 0 aliphatic rings. The molecular formula is C18H26N4O. The van der Waals surface area contributed by atoms with Crippen molar-refractivity contribution >= 4 is 5.91 Å². The van der Waals surface area contributed by atoms with E-state index in [4.69, 9.17) is 5.73 Å². The van der Waals surface area contributed by atoms with Gasteiger partial charge < -0.3 is 11.1 Å². The molecule has 1 heterocycles. The molecule has 1 amide bonds. The van der Waals surface area contributed by atoms with Crippen molar-refractivity contribution in [1.29, 1.82) is 0 Å². The monoisotopic (exact) mass is 314 g/mol. The Labute approximate surface area is 137 Å². The second kappa shape index (κ2) is 7.92. The Morgan fingerprint density at radius 3 is 2.61 bits per heavy atom. The van der Waals surface area contributed by atoms with Crippen LogP contribution in [0.4, 0.5) is 0 Å². The molecule has 23 heavy (non-hydrogen) atoms. The summed E-state index contributed by atoms with van der Waals surface area (Å²) in [6, 6.07) is 11.5. The first-order valence-electron chi connectivity index (χ1n) is 8.08. The molecule has 2 atom stereocenters. The van der Waals surface area contributed by atoms with Crippen LogP contribution in [0.1, 0.15) is 36.3 Å². The number of nitrogens with one attached hydrogen (secondary N) is 1. The zero-order valence-corrected chi connectivity index (χ0v) is 14.1. The van der Waals surface area contributed by atoms with E-state index in [2.05, 4.69) is 16.5 Å². The first kappa shape index (κ1) is 17.2. The topological polar surface area (TPSA) is 72.9 Å². The minimum absolute atomic E-state index is 0.00489. The summed E-state index contributed by atoms with van der Waals surface area (Å²) in [7, 11) is 0. The van der Waals surface area contributed by atoms with E-state index in [1.54, 1.807) is 0 Å². The lowest BCUT2D eigenvalue weighted by atomic mass is 9.95. The molecule has 0 saturated carbocycles. The van der Waals surface area contributed by atoms with Gasteiger partial charge in [-0.05, 0) is 31.9 Å². The molecule has 0 bridgehead atoms. The summed E-state index contributed by atoms with van der Waals surface area (Å²) >= 11 is 0. The molecule has 5 heteroatoms. The highest BCUT2D eigenvalue weighted by molar-refractivity contribution is 5.79. The largest absolute Gasteiger partial charge is 0.356 e. The molecule has 0 aliphatic heterocycles. The summed E-state index contributed by atoms with van der Waals surface area (Å²) in [5, 5.41) is 7.38. The van der Waals surface area contributed by atoms with E-state index < -0.39 is 0 Å². The molecule has 0 saturated heterocycles. The van der Waals surface area contributed by atoms with Crippen LogP contribution in [0.15, 0.2) is 36.4 Å². The van der Waals surface area contributed by atoms with E-state index in [0.29, 0.717) is 6.54 Å². The molecule has 2 rings (SSSR count). The van der Waals surface area contributed by atoms with Crippen LogP contribution >= 0.6 is 0 Å². The third-order valence-electron chi connectivity index (χ3n) is 4.09. The SMILES string of the molecule is Cc1cc(C)n(CCCNC(=O)C(C)C(N)c2ccccc2)n1. The lowest BCUT2D eigenvalue weighted by molar-refractivity contribution is -0.125. The normalized spacial score (nSPS) is 13.6. The van der Waals surface area contributed by atoms with Gasteiger partial charge in [-0.1, -0.05) is 37.3 Å². The number of nitrogens with two attached hydrogens (primary N) is 1. The molecule has 0 spiro atoms. The maximum atomic E-state index is 12.2. The first-order chi connectivity index (χ1) is 11.0. The fourth-order valence-electron chi connectivity index (χ4n) is 2.63. The quantitative estimate of drug-likeness (QED) is 0.771. The Balaban J connectivity index is 1.77. The third-order valence-corrected chi connectivity index (χ3v) is 4.09. The molecule has 2 aromatic rings. The number of hydrogen-bond donors (Lipinski definition) is 2. The van der Waals surface area contributed by atoms with E-state index in [0.717, 1.165) is 29.9 Å². The van der Waals surface area contributed by atoms with Crippen molar-refractivity contribution in [3.8, 4) is 0 Å². The van der Waals surface area contributed by atoms with Crippen LogP contribution in [0.5, 0.6) is 0 Å². The number of carbonyl (C=O) groups excluding carboxylic acids is 1. The summed E-state index contributed by atoms with van der Waals surface area (Å²) in [5.41, 5.74) is 9.34. The van der Waals surface area contributed by atoms with Crippen molar-refractivity contribution < 1.29 is 4.79 Å². The first-order valence-corrected chi connectivity index (χ1v) is 8.08. The van der Waals surface area contributed by atoms with Gasteiger partial charge in [0.25, 0.3) is 0 Å². The predicted octanol–water partition coefficient (Wildman–Crippen LogP) is 2.34. The number of hydrogen-bond acceptors (Lipinski definition) is 3. The zero-order chi connectivity index (χ0) is 16.8. The van der Waals surface area contributed by atoms with Crippen LogP contribution in [0.3, 0.4) is 0 Å². The predicted molar refractivity (Wildman–Crippen MR) is 91.9 cm³/mol. The van der Waals surface area contributed by atoms with Crippen LogP contribution in [0, 0.1) is 19.8 Å². The molecule has 0 aliphatic carbocycles. The van der Waals surface area contributed by atoms with E-state index in [-0.39, 0.29) is 17.9 Å². The molecule has 0 radical (unpaired) electrons. The lowest BCUT2D eigenvalue weighted by Crippen LogP contribution is -2.36. The minimum atomic E-state index is -0.285. The average molecular weight is 314 g/mol. The van der Waals surface area contributed by atoms with Crippen molar-refractivity contribution in [2.24, 2.45) is 11.7 Å². The van der Waals surface area contributed by atoms with Crippen LogP contribution in [-0.2, 0) is 11.3 Å². The van der Waals surface area contributed by atoms with E-state index in [1.165, 1.54) is 0 Å². The van der Waals surface area contributed by atoms with Crippen LogP contribution in [-0.4, -0.2) is 22.2 Å². The second-order valence-corrected chi connectivity index (χ2v) is 6.02. The fraction of sp³-hybridized carbons (Fsp3) is 0.444. The Hall–Kier alpha value is -2.14.